The van der Waals surface area contributed by atoms with Crippen molar-refractivity contribution in [2.24, 2.45) is 0 Å². The Morgan fingerprint density at radius 3 is 2.07 bits per heavy atom. The Balaban J connectivity index is 2.01. The minimum Gasteiger partial charge on any atom is -0.452 e. The van der Waals surface area contributed by atoms with Gasteiger partial charge in [-0.05, 0) is 26.8 Å². The van der Waals surface area contributed by atoms with Gasteiger partial charge in [-0.15, -0.1) is 0 Å². The van der Waals surface area contributed by atoms with Crippen LogP contribution in [0.5, 0.6) is 0 Å². The average molecular weight is 410 g/mol. The van der Waals surface area contributed by atoms with Crippen LogP contribution in [0.1, 0.15) is 47.1 Å². The lowest BCUT2D eigenvalue weighted by molar-refractivity contribution is -0.137. The van der Waals surface area contributed by atoms with Crippen molar-refractivity contribution < 1.29 is 23.9 Å². The fourth-order valence-electron chi connectivity index (χ4n) is 2.68. The normalized spacial score (nSPS) is 10.8. The molecule has 0 saturated carbocycles. The molecule has 0 unspecified atom stereocenters. The smallest absolute Gasteiger partial charge is 0.339 e. The first-order chi connectivity index (χ1) is 14.1. The molecule has 2 aromatic rings. The monoisotopic (exact) mass is 410 g/mol. The number of carbonyl (C=O) groups is 4. The largest absolute Gasteiger partial charge is 0.452 e. The van der Waals surface area contributed by atoms with Gasteiger partial charge in [0.2, 0.25) is 5.91 Å². The quantitative estimate of drug-likeness (QED) is 0.559. The number of rotatable bonds is 7. The van der Waals surface area contributed by atoms with E-state index < -0.39 is 24.0 Å². The number of nitrogens with zero attached hydrogens (tertiary/aromatic N) is 1. The Morgan fingerprint density at radius 1 is 0.900 bits per heavy atom. The van der Waals surface area contributed by atoms with Crippen molar-refractivity contribution in [2.75, 3.05) is 20.2 Å². The molecule has 0 atom stereocenters. The molecule has 0 bridgehead atoms. The fourth-order valence-corrected chi connectivity index (χ4v) is 2.68. The second kappa shape index (κ2) is 9.82. The van der Waals surface area contributed by atoms with Crippen molar-refractivity contribution in [3.05, 3.63) is 71.3 Å². The van der Waals surface area contributed by atoms with E-state index in [1.54, 1.807) is 42.5 Å². The molecule has 0 aliphatic carbocycles. The van der Waals surface area contributed by atoms with Crippen molar-refractivity contribution >= 4 is 23.6 Å². The van der Waals surface area contributed by atoms with Gasteiger partial charge in [-0.1, -0.05) is 48.5 Å². The van der Waals surface area contributed by atoms with Gasteiger partial charge in [0.25, 0.3) is 5.91 Å². The zero-order chi connectivity index (χ0) is 22.3. The molecule has 0 heterocycles. The lowest BCUT2D eigenvalue weighted by Crippen LogP contribution is -2.46. The topological polar surface area (TPSA) is 92.8 Å². The molecule has 1 N–H and O–H groups in total. The number of hydrogen-bond acceptors (Lipinski definition) is 5. The van der Waals surface area contributed by atoms with Gasteiger partial charge >= 0.3 is 5.97 Å². The van der Waals surface area contributed by atoms with Crippen LogP contribution < -0.4 is 5.32 Å². The second-order valence-corrected chi connectivity index (χ2v) is 7.86. The summed E-state index contributed by atoms with van der Waals surface area (Å²) in [6, 6.07) is 14.9. The van der Waals surface area contributed by atoms with E-state index in [0.29, 0.717) is 5.56 Å². The summed E-state index contributed by atoms with van der Waals surface area (Å²) >= 11 is 0. The van der Waals surface area contributed by atoms with Gasteiger partial charge in [0.1, 0.15) is 0 Å². The van der Waals surface area contributed by atoms with Crippen LogP contribution in [0, 0.1) is 0 Å². The highest BCUT2D eigenvalue weighted by atomic mass is 16.5. The Hall–Kier alpha value is -3.48. The van der Waals surface area contributed by atoms with Crippen LogP contribution in [0.3, 0.4) is 0 Å². The highest BCUT2D eigenvalue weighted by molar-refractivity contribution is 6.14. The molecule has 2 amide bonds. The van der Waals surface area contributed by atoms with Gasteiger partial charge in [-0.3, -0.25) is 14.4 Å². The molecule has 0 aromatic heterocycles. The summed E-state index contributed by atoms with van der Waals surface area (Å²) in [5, 5.41) is 2.75. The number of ketones is 1. The summed E-state index contributed by atoms with van der Waals surface area (Å²) in [6.07, 6.45) is 0. The number of amides is 2. The molecule has 0 saturated heterocycles. The van der Waals surface area contributed by atoms with Crippen LogP contribution in [0.4, 0.5) is 0 Å². The lowest BCUT2D eigenvalue weighted by atomic mass is 9.98. The van der Waals surface area contributed by atoms with Crippen molar-refractivity contribution in [3.63, 3.8) is 0 Å². The Kier molecular flexibility index (Phi) is 7.47. The van der Waals surface area contributed by atoms with Crippen molar-refractivity contribution in [2.45, 2.75) is 26.3 Å². The van der Waals surface area contributed by atoms with E-state index >= 15 is 0 Å². The van der Waals surface area contributed by atoms with Crippen LogP contribution >= 0.6 is 0 Å². The molecule has 0 radical (unpaired) electrons. The molecule has 158 valence electrons. The van der Waals surface area contributed by atoms with Crippen LogP contribution in [0.2, 0.25) is 0 Å². The molecule has 0 spiro atoms. The first-order valence-electron chi connectivity index (χ1n) is 9.49. The van der Waals surface area contributed by atoms with Gasteiger partial charge in [-0.2, -0.15) is 0 Å². The summed E-state index contributed by atoms with van der Waals surface area (Å²) in [7, 11) is 1.45. The Morgan fingerprint density at radius 2 is 1.47 bits per heavy atom. The van der Waals surface area contributed by atoms with Gasteiger partial charge in [-0.25, -0.2) is 4.79 Å². The molecule has 0 aliphatic rings. The highest BCUT2D eigenvalue weighted by Gasteiger charge is 2.22. The van der Waals surface area contributed by atoms with Gasteiger partial charge < -0.3 is 15.0 Å². The molecular weight excluding hydrogens is 384 g/mol. The first-order valence-corrected chi connectivity index (χ1v) is 9.49. The van der Waals surface area contributed by atoms with Crippen LogP contribution in [-0.2, 0) is 14.3 Å². The molecule has 7 nitrogen and oxygen atoms in total. The number of esters is 1. The molecular formula is C23H26N2O5. The van der Waals surface area contributed by atoms with Crippen molar-refractivity contribution in [3.8, 4) is 0 Å². The van der Waals surface area contributed by atoms with E-state index in [4.69, 9.17) is 4.74 Å². The summed E-state index contributed by atoms with van der Waals surface area (Å²) < 4.78 is 5.11. The minimum absolute atomic E-state index is 0.0762. The van der Waals surface area contributed by atoms with Gasteiger partial charge in [0, 0.05) is 23.7 Å². The van der Waals surface area contributed by atoms with Crippen LogP contribution in [-0.4, -0.2) is 54.2 Å². The third kappa shape index (κ3) is 6.55. The van der Waals surface area contributed by atoms with Gasteiger partial charge in [0.05, 0.1) is 12.1 Å². The second-order valence-electron chi connectivity index (χ2n) is 7.86. The van der Waals surface area contributed by atoms with Crippen molar-refractivity contribution in [1.29, 1.82) is 0 Å². The van der Waals surface area contributed by atoms with E-state index in [9.17, 15) is 19.2 Å². The summed E-state index contributed by atoms with van der Waals surface area (Å²) in [6.45, 7) is 4.82. The van der Waals surface area contributed by atoms with Crippen LogP contribution in [0.25, 0.3) is 0 Å². The lowest BCUT2D eigenvalue weighted by Gasteiger charge is -2.23. The Labute approximate surface area is 176 Å². The number of likely N-dealkylation sites (N-methyl/N-ethyl adjacent to an activating group) is 1. The highest BCUT2D eigenvalue weighted by Crippen LogP contribution is 2.16. The number of hydrogen-bond donors (Lipinski definition) is 1. The molecule has 0 fully saturated rings. The summed E-state index contributed by atoms with van der Waals surface area (Å²) in [5.41, 5.74) is 0.298. The predicted molar refractivity (Wildman–Crippen MR) is 112 cm³/mol. The zero-order valence-electron chi connectivity index (χ0n) is 17.6. The molecule has 7 heteroatoms. The van der Waals surface area contributed by atoms with Crippen molar-refractivity contribution in [1.82, 2.24) is 10.2 Å². The van der Waals surface area contributed by atoms with E-state index in [-0.39, 0.29) is 29.4 Å². The number of carbonyl (C=O) groups excluding carboxylic acids is 4. The Bertz CT molecular complexity index is 932. The fraction of sp³-hybridized carbons (Fsp3) is 0.304. The maximum absolute atomic E-state index is 12.7. The third-order valence-corrected chi connectivity index (χ3v) is 4.08. The van der Waals surface area contributed by atoms with E-state index in [0.717, 1.165) is 0 Å². The maximum Gasteiger partial charge on any atom is 0.339 e. The summed E-state index contributed by atoms with van der Waals surface area (Å²) in [4.78, 5) is 50.6. The predicted octanol–water partition coefficient (Wildman–Crippen LogP) is 2.45. The van der Waals surface area contributed by atoms with Gasteiger partial charge in [0.15, 0.2) is 12.4 Å². The van der Waals surface area contributed by atoms with E-state index in [1.165, 1.54) is 24.1 Å². The van der Waals surface area contributed by atoms with Crippen LogP contribution in [0.15, 0.2) is 54.6 Å². The number of benzene rings is 2. The molecule has 30 heavy (non-hydrogen) atoms. The minimum atomic E-state index is -0.782. The molecule has 2 aromatic carbocycles. The maximum atomic E-state index is 12.7. The molecule has 2 rings (SSSR count). The number of ether oxygens (including phenoxy) is 1. The average Bonchev–Trinajstić information content (AvgIpc) is 2.70. The SMILES string of the molecule is CN(CC(=O)NC(C)(C)C)C(=O)COC(=O)c1ccccc1C(=O)c1ccccc1. The number of nitrogens with one attached hydrogen (secondary N) is 1. The molecule has 0 aliphatic heterocycles. The standard InChI is InChI=1S/C23H26N2O5/c1-23(2,3)24-19(26)14-25(4)20(27)15-30-22(29)18-13-9-8-12-17(18)21(28)16-10-6-5-7-11-16/h5-13H,14-15H2,1-4H3,(H,24,26). The first kappa shape index (κ1) is 22.8. The zero-order valence-corrected chi connectivity index (χ0v) is 17.6. The van der Waals surface area contributed by atoms with E-state index in [1.807, 2.05) is 20.8 Å². The third-order valence-electron chi connectivity index (χ3n) is 4.08. The summed E-state index contributed by atoms with van der Waals surface area (Å²) in [5.74, 6) is -1.94. The van der Waals surface area contributed by atoms with E-state index in [2.05, 4.69) is 5.32 Å².